The topological polar surface area (TPSA) is 58.4 Å². The number of nitrogens with two attached hydrogens (primary N) is 1. The molecule has 1 heterocycles. The number of nitrogens with zero attached hydrogens (tertiary/aromatic N) is 1. The van der Waals surface area contributed by atoms with Crippen LogP contribution in [0.5, 0.6) is 0 Å². The number of anilines is 2. The lowest BCUT2D eigenvalue weighted by molar-refractivity contribution is 0.0956. The smallest absolute Gasteiger partial charge is 0.251 e. The van der Waals surface area contributed by atoms with E-state index in [1.165, 1.54) is 6.42 Å². The zero-order valence-electron chi connectivity index (χ0n) is 11.9. The Labute approximate surface area is 115 Å². The molecular formula is C15H23N3O. The van der Waals surface area contributed by atoms with E-state index >= 15 is 0 Å². The number of nitrogens with one attached hydrogen (secondary N) is 1. The van der Waals surface area contributed by atoms with E-state index < -0.39 is 0 Å². The van der Waals surface area contributed by atoms with Gasteiger partial charge >= 0.3 is 0 Å². The molecule has 1 aliphatic heterocycles. The maximum absolute atomic E-state index is 11.8. The number of rotatable bonds is 3. The largest absolute Gasteiger partial charge is 0.397 e. The van der Waals surface area contributed by atoms with Gasteiger partial charge in [0.15, 0.2) is 0 Å². The van der Waals surface area contributed by atoms with Crippen LogP contribution in [0.2, 0.25) is 0 Å². The van der Waals surface area contributed by atoms with Crippen LogP contribution in [0.1, 0.15) is 37.6 Å². The van der Waals surface area contributed by atoms with E-state index in [1.807, 2.05) is 19.1 Å². The van der Waals surface area contributed by atoms with E-state index in [1.54, 1.807) is 6.07 Å². The van der Waals surface area contributed by atoms with Crippen LogP contribution >= 0.6 is 0 Å². The summed E-state index contributed by atoms with van der Waals surface area (Å²) in [5.41, 5.74) is 8.48. The van der Waals surface area contributed by atoms with Gasteiger partial charge in [0, 0.05) is 24.7 Å². The van der Waals surface area contributed by atoms with Gasteiger partial charge in [-0.05, 0) is 44.4 Å². The molecule has 0 aromatic heterocycles. The monoisotopic (exact) mass is 261 g/mol. The normalized spacial score (nSPS) is 22.6. The Bertz CT molecular complexity index is 472. The highest BCUT2D eigenvalue weighted by atomic mass is 16.1. The van der Waals surface area contributed by atoms with Gasteiger partial charge in [-0.1, -0.05) is 6.92 Å². The fourth-order valence-corrected chi connectivity index (χ4v) is 2.86. The first-order valence-corrected chi connectivity index (χ1v) is 6.97. The molecule has 0 bridgehead atoms. The van der Waals surface area contributed by atoms with E-state index in [-0.39, 0.29) is 5.91 Å². The summed E-state index contributed by atoms with van der Waals surface area (Å²) in [4.78, 5) is 14.1. The quantitative estimate of drug-likeness (QED) is 0.820. The first-order chi connectivity index (χ1) is 9.02. The predicted octanol–water partition coefficient (Wildman–Crippen LogP) is 2.25. The molecule has 0 aliphatic carbocycles. The minimum atomic E-state index is -0.0661. The molecule has 1 amide bonds. The number of carbonyl (C=O) groups is 1. The molecule has 0 spiro atoms. The van der Waals surface area contributed by atoms with Crippen molar-refractivity contribution < 1.29 is 4.79 Å². The van der Waals surface area contributed by atoms with E-state index in [4.69, 9.17) is 5.73 Å². The van der Waals surface area contributed by atoms with Gasteiger partial charge in [-0.3, -0.25) is 4.79 Å². The maximum atomic E-state index is 11.8. The van der Waals surface area contributed by atoms with Gasteiger partial charge in [0.1, 0.15) is 0 Å². The highest BCUT2D eigenvalue weighted by Gasteiger charge is 2.27. The molecule has 2 atom stereocenters. The SMILES string of the molecule is CCNC(=O)c1ccc(N2CC(C)CC2C)c(N)c1. The van der Waals surface area contributed by atoms with Gasteiger partial charge < -0.3 is 16.0 Å². The molecule has 4 heteroatoms. The average Bonchev–Trinajstić information content (AvgIpc) is 2.68. The van der Waals surface area contributed by atoms with Crippen LogP contribution in [0.4, 0.5) is 11.4 Å². The summed E-state index contributed by atoms with van der Waals surface area (Å²) in [6, 6.07) is 6.10. The molecule has 1 aliphatic rings. The Hall–Kier alpha value is -1.71. The molecule has 0 radical (unpaired) electrons. The lowest BCUT2D eigenvalue weighted by Crippen LogP contribution is -2.28. The summed E-state index contributed by atoms with van der Waals surface area (Å²) in [7, 11) is 0. The van der Waals surface area contributed by atoms with Crippen molar-refractivity contribution in [3.63, 3.8) is 0 Å². The van der Waals surface area contributed by atoms with Crippen molar-refractivity contribution in [2.75, 3.05) is 23.7 Å². The highest BCUT2D eigenvalue weighted by Crippen LogP contribution is 2.33. The first-order valence-electron chi connectivity index (χ1n) is 6.97. The van der Waals surface area contributed by atoms with Crippen molar-refractivity contribution in [3.05, 3.63) is 23.8 Å². The summed E-state index contributed by atoms with van der Waals surface area (Å²) >= 11 is 0. The van der Waals surface area contributed by atoms with Crippen LogP contribution in [0, 0.1) is 5.92 Å². The van der Waals surface area contributed by atoms with Gasteiger partial charge in [0.05, 0.1) is 11.4 Å². The van der Waals surface area contributed by atoms with Crippen molar-refractivity contribution in [2.24, 2.45) is 5.92 Å². The molecule has 1 fully saturated rings. The predicted molar refractivity (Wildman–Crippen MR) is 79.5 cm³/mol. The third kappa shape index (κ3) is 2.83. The molecule has 3 N–H and O–H groups in total. The van der Waals surface area contributed by atoms with Crippen LogP contribution < -0.4 is 16.0 Å². The summed E-state index contributed by atoms with van der Waals surface area (Å²) in [5.74, 6) is 0.626. The van der Waals surface area contributed by atoms with Crippen molar-refractivity contribution in [1.29, 1.82) is 0 Å². The van der Waals surface area contributed by atoms with E-state index in [0.717, 1.165) is 12.2 Å². The van der Waals surface area contributed by atoms with E-state index in [2.05, 4.69) is 24.1 Å². The van der Waals surface area contributed by atoms with Gasteiger partial charge in [-0.2, -0.15) is 0 Å². The lowest BCUT2D eigenvalue weighted by atomic mass is 10.1. The second-order valence-corrected chi connectivity index (χ2v) is 5.48. The van der Waals surface area contributed by atoms with Gasteiger partial charge in [0.2, 0.25) is 0 Å². The molecule has 1 saturated heterocycles. The number of hydrogen-bond donors (Lipinski definition) is 2. The van der Waals surface area contributed by atoms with Gasteiger partial charge in [-0.15, -0.1) is 0 Å². The number of nitrogen functional groups attached to an aromatic ring is 1. The lowest BCUT2D eigenvalue weighted by Gasteiger charge is -2.25. The molecular weight excluding hydrogens is 238 g/mol. The Morgan fingerprint density at radius 2 is 2.21 bits per heavy atom. The first kappa shape index (κ1) is 13.7. The molecule has 1 aromatic rings. The van der Waals surface area contributed by atoms with E-state index in [0.29, 0.717) is 29.8 Å². The van der Waals surface area contributed by atoms with Gasteiger partial charge in [0.25, 0.3) is 5.91 Å². The minimum Gasteiger partial charge on any atom is -0.397 e. The van der Waals surface area contributed by atoms with Gasteiger partial charge in [-0.25, -0.2) is 0 Å². The summed E-state index contributed by atoms with van der Waals surface area (Å²) in [6.07, 6.45) is 1.19. The molecule has 19 heavy (non-hydrogen) atoms. The number of benzene rings is 1. The highest BCUT2D eigenvalue weighted by molar-refractivity contribution is 5.96. The Kier molecular flexibility index (Phi) is 3.98. The molecule has 2 rings (SSSR count). The molecule has 104 valence electrons. The molecule has 1 aromatic carbocycles. The van der Waals surface area contributed by atoms with Crippen LogP contribution in [-0.4, -0.2) is 25.0 Å². The number of amides is 1. The van der Waals surface area contributed by atoms with Crippen molar-refractivity contribution >= 4 is 17.3 Å². The minimum absolute atomic E-state index is 0.0661. The molecule has 0 saturated carbocycles. The van der Waals surface area contributed by atoms with Crippen LogP contribution in [0.15, 0.2) is 18.2 Å². The average molecular weight is 261 g/mol. The van der Waals surface area contributed by atoms with Crippen LogP contribution in [-0.2, 0) is 0 Å². The Morgan fingerprint density at radius 1 is 1.47 bits per heavy atom. The number of hydrogen-bond acceptors (Lipinski definition) is 3. The van der Waals surface area contributed by atoms with Crippen LogP contribution in [0.25, 0.3) is 0 Å². The van der Waals surface area contributed by atoms with Crippen LogP contribution in [0.3, 0.4) is 0 Å². The van der Waals surface area contributed by atoms with E-state index in [9.17, 15) is 4.79 Å². The summed E-state index contributed by atoms with van der Waals surface area (Å²) < 4.78 is 0. The zero-order chi connectivity index (χ0) is 14.0. The molecule has 2 unspecified atom stereocenters. The van der Waals surface area contributed by atoms with Crippen molar-refractivity contribution in [2.45, 2.75) is 33.2 Å². The molecule has 4 nitrogen and oxygen atoms in total. The maximum Gasteiger partial charge on any atom is 0.251 e. The second kappa shape index (κ2) is 5.51. The third-order valence-electron chi connectivity index (χ3n) is 3.72. The Morgan fingerprint density at radius 3 is 2.74 bits per heavy atom. The summed E-state index contributed by atoms with van der Waals surface area (Å²) in [5, 5.41) is 2.79. The fraction of sp³-hybridized carbons (Fsp3) is 0.533. The fourth-order valence-electron chi connectivity index (χ4n) is 2.86. The summed E-state index contributed by atoms with van der Waals surface area (Å²) in [6.45, 7) is 8.05. The van der Waals surface area contributed by atoms with Crippen molar-refractivity contribution in [3.8, 4) is 0 Å². The standard InChI is InChI=1S/C15H23N3O/c1-4-17-15(19)12-5-6-14(13(16)8-12)18-9-10(2)7-11(18)3/h5-6,8,10-11H,4,7,9,16H2,1-3H3,(H,17,19). The zero-order valence-corrected chi connectivity index (χ0v) is 11.9. The second-order valence-electron chi connectivity index (χ2n) is 5.48. The van der Waals surface area contributed by atoms with Crippen molar-refractivity contribution in [1.82, 2.24) is 5.32 Å². The number of carbonyl (C=O) groups excluding carboxylic acids is 1. The Balaban J connectivity index is 2.22. The third-order valence-corrected chi connectivity index (χ3v) is 3.72.